The van der Waals surface area contributed by atoms with Gasteiger partial charge < -0.3 is 14.6 Å². The first kappa shape index (κ1) is 20.1. The first-order valence-electron chi connectivity index (χ1n) is 6.51. The molecule has 0 aromatic heterocycles. The Morgan fingerprint density at radius 3 is 2.58 bits per heavy atom. The van der Waals surface area contributed by atoms with E-state index in [1.807, 2.05) is 6.07 Å². The van der Waals surface area contributed by atoms with Gasteiger partial charge in [-0.2, -0.15) is 10.5 Å². The number of hydrogen-bond donors (Lipinski definition) is 1. The number of nitrogens with one attached hydrogen (secondary N) is 1. The van der Waals surface area contributed by atoms with Gasteiger partial charge in [0.25, 0.3) is 0 Å². The summed E-state index contributed by atoms with van der Waals surface area (Å²) in [4.78, 5) is 3.69. The van der Waals surface area contributed by atoms with Crippen LogP contribution in [0.15, 0.2) is 28.5 Å². The molecule has 118 valence electrons. The maximum atomic E-state index is 11.8. The third-order valence-electron chi connectivity index (χ3n) is 3.40. The van der Waals surface area contributed by atoms with Crippen LogP contribution < -0.4 is 49.5 Å². The Morgan fingerprint density at radius 1 is 1.33 bits per heavy atom. The Kier molecular flexibility index (Phi) is 7.40. The summed E-state index contributed by atoms with van der Waals surface area (Å²) in [6.07, 6.45) is 1.65. The predicted molar refractivity (Wildman–Crippen MR) is 80.7 cm³/mol. The second-order valence-corrected chi connectivity index (χ2v) is 4.96. The van der Waals surface area contributed by atoms with Gasteiger partial charge in [0.2, 0.25) is 0 Å². The average molecular weight is 355 g/mol. The second-order valence-electron chi connectivity index (χ2n) is 4.58. The van der Waals surface area contributed by atoms with Crippen molar-refractivity contribution in [1.29, 1.82) is 10.5 Å². The molecule has 0 saturated carbocycles. The molecule has 0 aliphatic carbocycles. The number of hydrogen-bond acceptors (Lipinski definition) is 7. The third-order valence-corrected chi connectivity index (χ3v) is 3.79. The van der Waals surface area contributed by atoms with Crippen LogP contribution in [-0.2, 0) is 0 Å². The molecule has 1 aliphatic heterocycles. The molecule has 0 fully saturated rings. The van der Waals surface area contributed by atoms with Crippen molar-refractivity contribution in [3.05, 3.63) is 34.1 Å². The van der Waals surface area contributed by atoms with Gasteiger partial charge in [-0.1, -0.05) is 17.7 Å². The molecule has 1 aromatic carbocycles. The SMILES string of the molecule is COc1ccc(C2CC([O-])=NC(NC#N)=C2C#N)c(Cl)c1OC.[Na+]. The van der Waals surface area contributed by atoms with E-state index >= 15 is 0 Å². The van der Waals surface area contributed by atoms with Crippen LogP contribution >= 0.6 is 11.6 Å². The van der Waals surface area contributed by atoms with Crippen molar-refractivity contribution in [2.45, 2.75) is 12.3 Å². The summed E-state index contributed by atoms with van der Waals surface area (Å²) in [7, 11) is 2.92. The minimum Gasteiger partial charge on any atom is -0.862 e. The summed E-state index contributed by atoms with van der Waals surface area (Å²) >= 11 is 6.36. The van der Waals surface area contributed by atoms with E-state index < -0.39 is 11.8 Å². The fourth-order valence-electron chi connectivity index (χ4n) is 2.39. The van der Waals surface area contributed by atoms with Crippen LogP contribution in [0.25, 0.3) is 0 Å². The van der Waals surface area contributed by atoms with Crippen molar-refractivity contribution in [1.82, 2.24) is 5.32 Å². The normalized spacial score (nSPS) is 16.2. The maximum absolute atomic E-state index is 11.8. The van der Waals surface area contributed by atoms with E-state index in [1.54, 1.807) is 18.3 Å². The molecule has 1 atom stereocenters. The van der Waals surface area contributed by atoms with Gasteiger partial charge in [-0.05, 0) is 23.9 Å². The fraction of sp³-hybridized carbons (Fsp3) is 0.267. The van der Waals surface area contributed by atoms with E-state index in [-0.39, 0.29) is 52.4 Å². The molecule has 7 nitrogen and oxygen atoms in total. The Labute approximate surface area is 166 Å². The fourth-order valence-corrected chi connectivity index (χ4v) is 2.76. The van der Waals surface area contributed by atoms with E-state index in [0.29, 0.717) is 17.1 Å². The largest absolute Gasteiger partial charge is 1.00 e. The number of nitrogens with zero attached hydrogens (tertiary/aromatic N) is 3. The summed E-state index contributed by atoms with van der Waals surface area (Å²) in [5.74, 6) is -0.368. The smallest absolute Gasteiger partial charge is 0.862 e. The second kappa shape index (κ2) is 8.81. The van der Waals surface area contributed by atoms with Gasteiger partial charge in [-0.25, -0.2) is 4.99 Å². The topological polar surface area (TPSA) is 113 Å². The standard InChI is InChI=1S/C15H13ClN4O3.Na/c1-22-11-4-3-8(13(16)14(11)23-2)9-5-12(21)20-15(19-7-18)10(9)6-17;/h3-4,9,19H,5H2,1-2H3,(H,20,21);/q;+1/p-1. The molecular formula is C15H12ClN4NaO3. The summed E-state index contributed by atoms with van der Waals surface area (Å²) in [5.41, 5.74) is 0.696. The Morgan fingerprint density at radius 2 is 2.04 bits per heavy atom. The quantitative estimate of drug-likeness (QED) is 0.396. The predicted octanol–water partition coefficient (Wildman–Crippen LogP) is -1.59. The van der Waals surface area contributed by atoms with Crippen LogP contribution in [0.2, 0.25) is 5.02 Å². The number of benzene rings is 1. The first-order valence-corrected chi connectivity index (χ1v) is 6.89. The van der Waals surface area contributed by atoms with Crippen LogP contribution in [0.1, 0.15) is 17.9 Å². The van der Waals surface area contributed by atoms with Crippen molar-refractivity contribution in [2.24, 2.45) is 4.99 Å². The van der Waals surface area contributed by atoms with Crippen LogP contribution in [0, 0.1) is 22.8 Å². The van der Waals surface area contributed by atoms with Crippen LogP contribution in [0.4, 0.5) is 0 Å². The Balaban J connectivity index is 0.00000288. The molecule has 1 heterocycles. The van der Waals surface area contributed by atoms with Gasteiger partial charge in [-0.15, -0.1) is 0 Å². The van der Waals surface area contributed by atoms with Crippen molar-refractivity contribution >= 4 is 17.5 Å². The van der Waals surface area contributed by atoms with Gasteiger partial charge in [0.15, 0.2) is 23.5 Å². The molecule has 9 heteroatoms. The van der Waals surface area contributed by atoms with E-state index in [2.05, 4.69) is 10.3 Å². The number of methoxy groups -OCH3 is 2. The summed E-state index contributed by atoms with van der Waals surface area (Å²) < 4.78 is 10.4. The van der Waals surface area contributed by atoms with Crippen LogP contribution in [0.5, 0.6) is 11.5 Å². The molecule has 1 N–H and O–H groups in total. The summed E-state index contributed by atoms with van der Waals surface area (Å²) in [5, 5.41) is 32.5. The molecule has 0 spiro atoms. The maximum Gasteiger partial charge on any atom is 1.00 e. The first-order chi connectivity index (χ1) is 11.1. The van der Waals surface area contributed by atoms with E-state index in [4.69, 9.17) is 26.3 Å². The zero-order valence-corrected chi connectivity index (χ0v) is 16.1. The molecule has 24 heavy (non-hydrogen) atoms. The van der Waals surface area contributed by atoms with Crippen LogP contribution in [-0.4, -0.2) is 20.1 Å². The number of rotatable bonds is 4. The molecule has 0 amide bonds. The van der Waals surface area contributed by atoms with Crippen molar-refractivity contribution in [2.75, 3.05) is 14.2 Å². The number of nitriles is 2. The number of aliphatic imine (C=N–C) groups is 1. The number of allylic oxidation sites excluding steroid dienone is 1. The van der Waals surface area contributed by atoms with Crippen molar-refractivity contribution < 1.29 is 44.1 Å². The monoisotopic (exact) mass is 354 g/mol. The molecule has 1 unspecified atom stereocenters. The average Bonchev–Trinajstić information content (AvgIpc) is 2.54. The molecule has 0 radical (unpaired) electrons. The van der Waals surface area contributed by atoms with E-state index in [9.17, 15) is 10.4 Å². The molecule has 1 aromatic rings. The minimum atomic E-state index is -0.617. The van der Waals surface area contributed by atoms with Gasteiger partial charge in [0.1, 0.15) is 0 Å². The zero-order valence-electron chi connectivity index (χ0n) is 13.4. The van der Waals surface area contributed by atoms with E-state index in [0.717, 1.165) is 0 Å². The molecule has 0 bridgehead atoms. The number of halogens is 1. The van der Waals surface area contributed by atoms with Crippen LogP contribution in [0.3, 0.4) is 0 Å². The Bertz CT molecular complexity index is 780. The van der Waals surface area contributed by atoms with Gasteiger partial charge in [0.05, 0.1) is 30.9 Å². The molecule has 2 rings (SSSR count). The van der Waals surface area contributed by atoms with Gasteiger partial charge in [-0.3, -0.25) is 5.32 Å². The van der Waals surface area contributed by atoms with Crippen molar-refractivity contribution in [3.63, 3.8) is 0 Å². The molecule has 1 aliphatic rings. The number of ether oxygens (including phenoxy) is 2. The van der Waals surface area contributed by atoms with Gasteiger partial charge >= 0.3 is 29.6 Å². The summed E-state index contributed by atoms with van der Waals surface area (Å²) in [6.45, 7) is 0. The molecular weight excluding hydrogens is 343 g/mol. The molecule has 0 saturated heterocycles. The summed E-state index contributed by atoms with van der Waals surface area (Å²) in [6, 6.07) is 5.29. The van der Waals surface area contributed by atoms with Gasteiger partial charge in [0, 0.05) is 5.92 Å². The Hall–Kier alpha value is -1.90. The third kappa shape index (κ3) is 3.77. The zero-order chi connectivity index (χ0) is 17.0. The van der Waals surface area contributed by atoms with Crippen molar-refractivity contribution in [3.8, 4) is 23.8 Å². The van der Waals surface area contributed by atoms with E-state index in [1.165, 1.54) is 14.2 Å². The minimum absolute atomic E-state index is 0.